The molecule has 0 spiro atoms. The van der Waals surface area contributed by atoms with Crippen molar-refractivity contribution in [2.45, 2.75) is 6.54 Å². The maximum absolute atomic E-state index is 10.7. The second-order valence-electron chi connectivity index (χ2n) is 2.98. The van der Waals surface area contributed by atoms with Crippen molar-refractivity contribution in [3.8, 4) is 0 Å². The van der Waals surface area contributed by atoms with Crippen LogP contribution in [0.1, 0.15) is 5.69 Å². The van der Waals surface area contributed by atoms with E-state index in [9.17, 15) is 10.1 Å². The number of nitro groups is 1. The van der Waals surface area contributed by atoms with Crippen LogP contribution >= 0.6 is 0 Å². The minimum Gasteiger partial charge on any atom is -0.372 e. The fourth-order valence-electron chi connectivity index (χ4n) is 1.19. The number of pyridine rings is 1. The third-order valence-corrected chi connectivity index (χ3v) is 1.91. The minimum atomic E-state index is -0.537. The molecular formula is C9H8N4O3. The molecule has 0 radical (unpaired) electrons. The predicted molar refractivity (Wildman–Crippen MR) is 54.7 cm³/mol. The molecule has 0 bridgehead atoms. The SMILES string of the molecule is O=[N+]([O-])c1ncccc1NCc1ccon1. The number of hydrogen-bond donors (Lipinski definition) is 1. The number of nitrogens with one attached hydrogen (secondary N) is 1. The summed E-state index contributed by atoms with van der Waals surface area (Å²) >= 11 is 0. The normalized spacial score (nSPS) is 10.0. The topological polar surface area (TPSA) is 94.1 Å². The van der Waals surface area contributed by atoms with Crippen molar-refractivity contribution in [1.82, 2.24) is 10.1 Å². The smallest absolute Gasteiger partial charge is 0.372 e. The Morgan fingerprint density at radius 2 is 2.38 bits per heavy atom. The summed E-state index contributed by atoms with van der Waals surface area (Å²) in [6.07, 6.45) is 2.81. The Morgan fingerprint density at radius 3 is 3.06 bits per heavy atom. The Hall–Kier alpha value is -2.44. The lowest BCUT2D eigenvalue weighted by Gasteiger charge is -2.03. The Labute approximate surface area is 90.2 Å². The Kier molecular flexibility index (Phi) is 2.77. The molecule has 0 aliphatic rings. The van der Waals surface area contributed by atoms with E-state index < -0.39 is 4.92 Å². The molecule has 0 aromatic carbocycles. The molecule has 1 N–H and O–H groups in total. The number of rotatable bonds is 4. The Bertz CT molecular complexity index is 483. The van der Waals surface area contributed by atoms with Crippen molar-refractivity contribution in [2.24, 2.45) is 0 Å². The van der Waals surface area contributed by atoms with Crippen molar-refractivity contribution in [1.29, 1.82) is 0 Å². The molecule has 0 fully saturated rings. The molecule has 82 valence electrons. The lowest BCUT2D eigenvalue weighted by molar-refractivity contribution is -0.388. The van der Waals surface area contributed by atoms with Gasteiger partial charge in [-0.25, -0.2) is 0 Å². The molecular weight excluding hydrogens is 212 g/mol. The van der Waals surface area contributed by atoms with Crippen molar-refractivity contribution in [3.63, 3.8) is 0 Å². The van der Waals surface area contributed by atoms with Crippen LogP contribution < -0.4 is 5.32 Å². The number of aromatic nitrogens is 2. The zero-order chi connectivity index (χ0) is 11.4. The molecule has 0 atom stereocenters. The van der Waals surface area contributed by atoms with Gasteiger partial charge in [-0.15, -0.1) is 0 Å². The van der Waals surface area contributed by atoms with Gasteiger partial charge in [-0.3, -0.25) is 0 Å². The Balaban J connectivity index is 2.12. The third kappa shape index (κ3) is 2.14. The molecule has 2 heterocycles. The number of hydrogen-bond acceptors (Lipinski definition) is 6. The van der Waals surface area contributed by atoms with Gasteiger partial charge in [0.1, 0.15) is 23.8 Å². The average molecular weight is 220 g/mol. The molecule has 7 nitrogen and oxygen atoms in total. The molecule has 7 heteroatoms. The van der Waals surface area contributed by atoms with Gasteiger partial charge in [0, 0.05) is 6.07 Å². The summed E-state index contributed by atoms with van der Waals surface area (Å²) in [5, 5.41) is 17.2. The van der Waals surface area contributed by atoms with Crippen molar-refractivity contribution in [2.75, 3.05) is 5.32 Å². The molecule has 0 aliphatic heterocycles. The zero-order valence-corrected chi connectivity index (χ0v) is 8.16. The van der Waals surface area contributed by atoms with Crippen LogP contribution in [0.15, 0.2) is 35.2 Å². The number of nitrogens with zero attached hydrogens (tertiary/aromatic N) is 3. The van der Waals surface area contributed by atoms with Gasteiger partial charge in [0.2, 0.25) is 0 Å². The van der Waals surface area contributed by atoms with Gasteiger partial charge in [0.15, 0.2) is 0 Å². The van der Waals surface area contributed by atoms with Crippen LogP contribution in [0.3, 0.4) is 0 Å². The first-order chi connectivity index (χ1) is 7.77. The van der Waals surface area contributed by atoms with Crippen LogP contribution in [0.25, 0.3) is 0 Å². The zero-order valence-electron chi connectivity index (χ0n) is 8.16. The van der Waals surface area contributed by atoms with Crippen LogP contribution in [0.4, 0.5) is 11.5 Å². The third-order valence-electron chi connectivity index (χ3n) is 1.91. The van der Waals surface area contributed by atoms with Gasteiger partial charge >= 0.3 is 5.82 Å². The maximum atomic E-state index is 10.7. The van der Waals surface area contributed by atoms with Gasteiger partial charge in [-0.2, -0.15) is 0 Å². The van der Waals surface area contributed by atoms with Crippen LogP contribution in [0.5, 0.6) is 0 Å². The predicted octanol–water partition coefficient (Wildman–Crippen LogP) is 1.59. The van der Waals surface area contributed by atoms with E-state index in [4.69, 9.17) is 0 Å². The molecule has 2 rings (SSSR count). The summed E-state index contributed by atoms with van der Waals surface area (Å²) in [7, 11) is 0. The lowest BCUT2D eigenvalue weighted by atomic mass is 10.3. The summed E-state index contributed by atoms with van der Waals surface area (Å²) in [5.41, 5.74) is 1.02. The van der Waals surface area contributed by atoms with E-state index in [1.165, 1.54) is 12.5 Å². The molecule has 0 saturated carbocycles. The van der Waals surface area contributed by atoms with E-state index in [-0.39, 0.29) is 5.82 Å². The number of anilines is 1. The highest BCUT2D eigenvalue weighted by Crippen LogP contribution is 2.20. The van der Waals surface area contributed by atoms with Gasteiger partial charge < -0.3 is 20.0 Å². The first-order valence-electron chi connectivity index (χ1n) is 4.50. The van der Waals surface area contributed by atoms with Gasteiger partial charge in [0.25, 0.3) is 0 Å². The van der Waals surface area contributed by atoms with Crippen molar-refractivity contribution >= 4 is 11.5 Å². The van der Waals surface area contributed by atoms with E-state index in [0.717, 1.165) is 0 Å². The molecule has 0 saturated heterocycles. The first-order valence-corrected chi connectivity index (χ1v) is 4.50. The monoisotopic (exact) mass is 220 g/mol. The maximum Gasteiger partial charge on any atom is 0.386 e. The largest absolute Gasteiger partial charge is 0.386 e. The van der Waals surface area contributed by atoms with E-state index in [1.807, 2.05) is 0 Å². The molecule has 2 aromatic rings. The van der Waals surface area contributed by atoms with Crippen LogP contribution in [0.2, 0.25) is 0 Å². The molecule has 16 heavy (non-hydrogen) atoms. The fraction of sp³-hybridized carbons (Fsp3) is 0.111. The van der Waals surface area contributed by atoms with Crippen LogP contribution in [0, 0.1) is 10.1 Å². The van der Waals surface area contributed by atoms with Gasteiger partial charge in [-0.1, -0.05) is 5.16 Å². The summed E-state index contributed by atoms with van der Waals surface area (Å²) in [4.78, 5) is 13.8. The van der Waals surface area contributed by atoms with Gasteiger partial charge in [-0.05, 0) is 22.0 Å². The minimum absolute atomic E-state index is 0.203. The highest BCUT2D eigenvalue weighted by atomic mass is 16.6. The molecule has 0 unspecified atom stereocenters. The second kappa shape index (κ2) is 4.39. The van der Waals surface area contributed by atoms with E-state index >= 15 is 0 Å². The summed E-state index contributed by atoms with van der Waals surface area (Å²) in [6.45, 7) is 0.350. The Morgan fingerprint density at radius 1 is 1.50 bits per heavy atom. The summed E-state index contributed by atoms with van der Waals surface area (Å²) in [6, 6.07) is 4.89. The first kappa shape index (κ1) is 10.1. The second-order valence-corrected chi connectivity index (χ2v) is 2.98. The van der Waals surface area contributed by atoms with Crippen molar-refractivity contribution < 1.29 is 9.45 Å². The molecule has 0 amide bonds. The van der Waals surface area contributed by atoms with E-state index in [1.54, 1.807) is 18.2 Å². The lowest BCUT2D eigenvalue weighted by Crippen LogP contribution is -2.03. The summed E-state index contributed by atoms with van der Waals surface area (Å²) < 4.78 is 4.64. The molecule has 0 aliphatic carbocycles. The highest BCUT2D eigenvalue weighted by molar-refractivity contribution is 5.56. The standard InChI is InChI=1S/C9H8N4O3/c14-13(15)9-8(2-1-4-10-9)11-6-7-3-5-16-12-7/h1-5,11H,6H2. The van der Waals surface area contributed by atoms with E-state index in [2.05, 4.69) is 20.0 Å². The van der Waals surface area contributed by atoms with E-state index in [0.29, 0.717) is 17.9 Å². The van der Waals surface area contributed by atoms with Gasteiger partial charge in [0.05, 0.1) is 6.54 Å². The molecule has 2 aromatic heterocycles. The van der Waals surface area contributed by atoms with Crippen LogP contribution in [-0.2, 0) is 6.54 Å². The summed E-state index contributed by atoms with van der Waals surface area (Å²) in [5.74, 6) is -0.203. The quantitative estimate of drug-likeness (QED) is 0.621. The van der Waals surface area contributed by atoms with Crippen molar-refractivity contribution in [3.05, 3.63) is 46.5 Å². The fourth-order valence-corrected chi connectivity index (χ4v) is 1.19. The highest BCUT2D eigenvalue weighted by Gasteiger charge is 2.13. The van der Waals surface area contributed by atoms with Crippen LogP contribution in [-0.4, -0.2) is 15.1 Å². The average Bonchev–Trinajstić information content (AvgIpc) is 2.79.